The first-order valence-electron chi connectivity index (χ1n) is 9.38. The molecule has 2 aromatic carbocycles. The van der Waals surface area contributed by atoms with Gasteiger partial charge in [0.05, 0.1) is 23.7 Å². The molecule has 0 spiro atoms. The van der Waals surface area contributed by atoms with E-state index in [0.717, 1.165) is 5.39 Å². The zero-order valence-corrected chi connectivity index (χ0v) is 17.1. The van der Waals surface area contributed by atoms with Gasteiger partial charge < -0.3 is 14.0 Å². The molecule has 9 heteroatoms. The van der Waals surface area contributed by atoms with Crippen LogP contribution in [0.5, 0.6) is 0 Å². The summed E-state index contributed by atoms with van der Waals surface area (Å²) in [5.41, 5.74) is 1.31. The van der Waals surface area contributed by atoms with Crippen molar-refractivity contribution in [2.45, 2.75) is 11.8 Å². The Kier molecular flexibility index (Phi) is 5.67. The molecule has 1 fully saturated rings. The second kappa shape index (κ2) is 8.39. The Balaban J connectivity index is 1.45. The van der Waals surface area contributed by atoms with E-state index in [1.807, 2.05) is 30.3 Å². The number of rotatable bonds is 5. The molecule has 1 aliphatic heterocycles. The Morgan fingerprint density at radius 1 is 1.07 bits per heavy atom. The van der Waals surface area contributed by atoms with Gasteiger partial charge in [-0.15, -0.1) is 0 Å². The lowest BCUT2D eigenvalue weighted by molar-refractivity contribution is 0.0516. The van der Waals surface area contributed by atoms with Gasteiger partial charge in [-0.1, -0.05) is 23.4 Å². The number of ether oxygens (including phenoxy) is 1. The largest absolute Gasteiger partial charge is 0.455 e. The third-order valence-corrected chi connectivity index (χ3v) is 6.66. The molecule has 0 saturated carbocycles. The fourth-order valence-corrected chi connectivity index (χ4v) is 4.47. The highest BCUT2D eigenvalue weighted by atomic mass is 32.2. The number of oxime groups is 1. The van der Waals surface area contributed by atoms with Crippen molar-refractivity contribution in [3.63, 3.8) is 0 Å². The first kappa shape index (κ1) is 20.3. The molecule has 0 N–H and O–H groups in total. The Morgan fingerprint density at radius 2 is 1.77 bits per heavy atom. The van der Waals surface area contributed by atoms with Gasteiger partial charge in [0.15, 0.2) is 5.76 Å². The Bertz CT molecular complexity index is 1160. The van der Waals surface area contributed by atoms with Crippen molar-refractivity contribution in [2.24, 2.45) is 5.16 Å². The van der Waals surface area contributed by atoms with Crippen molar-refractivity contribution in [1.29, 1.82) is 0 Å². The average Bonchev–Trinajstić information content (AvgIpc) is 3.22. The van der Waals surface area contributed by atoms with Gasteiger partial charge in [-0.3, -0.25) is 0 Å². The molecule has 1 aromatic heterocycles. The third kappa shape index (κ3) is 4.13. The summed E-state index contributed by atoms with van der Waals surface area (Å²) in [4.78, 5) is 17.4. The molecule has 0 amide bonds. The number of fused-ring (bicyclic) bond motifs is 1. The van der Waals surface area contributed by atoms with Crippen LogP contribution in [0.4, 0.5) is 0 Å². The van der Waals surface area contributed by atoms with Crippen molar-refractivity contribution < 1.29 is 27.2 Å². The molecule has 0 unspecified atom stereocenters. The van der Waals surface area contributed by atoms with Gasteiger partial charge in [0.1, 0.15) is 11.3 Å². The van der Waals surface area contributed by atoms with E-state index < -0.39 is 16.0 Å². The number of carbonyl (C=O) groups is 1. The molecule has 30 heavy (non-hydrogen) atoms. The normalized spacial score (nSPS) is 16.0. The van der Waals surface area contributed by atoms with Crippen molar-refractivity contribution in [3.05, 3.63) is 65.9 Å². The zero-order chi connectivity index (χ0) is 21.1. The van der Waals surface area contributed by atoms with E-state index in [2.05, 4.69) is 5.16 Å². The number of carbonyl (C=O) groups excluding carboxylic acids is 1. The van der Waals surface area contributed by atoms with Gasteiger partial charge >= 0.3 is 5.97 Å². The lowest BCUT2D eigenvalue weighted by atomic mass is 10.2. The fourth-order valence-electron chi connectivity index (χ4n) is 3.07. The van der Waals surface area contributed by atoms with E-state index in [4.69, 9.17) is 14.0 Å². The number of nitrogens with zero attached hydrogens (tertiary/aromatic N) is 2. The first-order chi connectivity index (χ1) is 14.4. The highest BCUT2D eigenvalue weighted by Crippen LogP contribution is 2.20. The predicted octanol–water partition coefficient (Wildman–Crippen LogP) is 3.03. The molecule has 0 aliphatic carbocycles. The van der Waals surface area contributed by atoms with Crippen LogP contribution in [-0.2, 0) is 19.6 Å². The summed E-state index contributed by atoms with van der Waals surface area (Å²) in [5, 5.41) is 4.77. The summed E-state index contributed by atoms with van der Waals surface area (Å²) in [7, 11) is -3.62. The summed E-state index contributed by atoms with van der Waals surface area (Å²) >= 11 is 0. The molecule has 1 saturated heterocycles. The van der Waals surface area contributed by atoms with Crippen molar-refractivity contribution in [3.8, 4) is 0 Å². The highest BCUT2D eigenvalue weighted by molar-refractivity contribution is 7.89. The van der Waals surface area contributed by atoms with Crippen LogP contribution in [0.3, 0.4) is 0 Å². The maximum absolute atomic E-state index is 12.6. The van der Waals surface area contributed by atoms with Crippen LogP contribution < -0.4 is 0 Å². The minimum absolute atomic E-state index is 0.114. The van der Waals surface area contributed by atoms with Gasteiger partial charge in [0.25, 0.3) is 0 Å². The maximum Gasteiger partial charge on any atom is 0.365 e. The highest BCUT2D eigenvalue weighted by Gasteiger charge is 2.26. The smallest absolute Gasteiger partial charge is 0.365 e. The summed E-state index contributed by atoms with van der Waals surface area (Å²) in [6, 6.07) is 14.9. The van der Waals surface area contributed by atoms with Crippen molar-refractivity contribution in [1.82, 2.24) is 4.31 Å². The van der Waals surface area contributed by atoms with E-state index in [0.29, 0.717) is 43.4 Å². The Hall–Kier alpha value is -3.01. The molecular weight excluding hydrogens is 408 g/mol. The number of hydrogen-bond donors (Lipinski definition) is 0. The lowest BCUT2D eigenvalue weighted by Gasteiger charge is -2.26. The number of furan rings is 1. The third-order valence-electron chi connectivity index (χ3n) is 4.75. The van der Waals surface area contributed by atoms with E-state index in [-0.39, 0.29) is 10.5 Å². The number of benzene rings is 2. The van der Waals surface area contributed by atoms with Gasteiger partial charge in [-0.2, -0.15) is 4.31 Å². The molecular formula is C21H20N2O6S. The van der Waals surface area contributed by atoms with Gasteiger partial charge in [0.2, 0.25) is 10.0 Å². The predicted molar refractivity (Wildman–Crippen MR) is 110 cm³/mol. The number of morpholine rings is 1. The molecule has 0 radical (unpaired) electrons. The summed E-state index contributed by atoms with van der Waals surface area (Å²) in [6.45, 7) is 3.02. The van der Waals surface area contributed by atoms with E-state index >= 15 is 0 Å². The van der Waals surface area contributed by atoms with Crippen LogP contribution in [0, 0.1) is 0 Å². The van der Waals surface area contributed by atoms with Crippen LogP contribution in [0.25, 0.3) is 11.0 Å². The second-order valence-electron chi connectivity index (χ2n) is 6.74. The summed E-state index contributed by atoms with van der Waals surface area (Å²) in [5.74, 6) is -0.197. The quantitative estimate of drug-likeness (QED) is 0.352. The Morgan fingerprint density at radius 3 is 2.47 bits per heavy atom. The Labute approximate surface area is 173 Å². The molecule has 0 atom stereocenters. The number of para-hydroxylation sites is 1. The topological polar surface area (TPSA) is 98.4 Å². The summed E-state index contributed by atoms with van der Waals surface area (Å²) < 4.78 is 37.5. The minimum atomic E-state index is -3.62. The average molecular weight is 428 g/mol. The fraction of sp³-hybridized carbons (Fsp3) is 0.238. The molecule has 0 bridgehead atoms. The number of hydrogen-bond acceptors (Lipinski definition) is 7. The minimum Gasteiger partial charge on any atom is -0.455 e. The van der Waals surface area contributed by atoms with E-state index in [9.17, 15) is 13.2 Å². The van der Waals surface area contributed by atoms with Crippen LogP contribution in [0.1, 0.15) is 23.0 Å². The monoisotopic (exact) mass is 428 g/mol. The van der Waals surface area contributed by atoms with Crippen molar-refractivity contribution in [2.75, 3.05) is 26.3 Å². The number of sulfonamides is 1. The van der Waals surface area contributed by atoms with Crippen LogP contribution in [0.15, 0.2) is 69.1 Å². The van der Waals surface area contributed by atoms with Gasteiger partial charge in [0, 0.05) is 18.5 Å². The van der Waals surface area contributed by atoms with Crippen LogP contribution in [0.2, 0.25) is 0 Å². The molecule has 156 valence electrons. The van der Waals surface area contributed by atoms with Crippen LogP contribution >= 0.6 is 0 Å². The molecule has 4 rings (SSSR count). The first-order valence-corrected chi connectivity index (χ1v) is 10.8. The van der Waals surface area contributed by atoms with E-state index in [1.54, 1.807) is 6.92 Å². The molecule has 8 nitrogen and oxygen atoms in total. The zero-order valence-electron chi connectivity index (χ0n) is 16.3. The molecule has 3 aromatic rings. The second-order valence-corrected chi connectivity index (χ2v) is 8.68. The van der Waals surface area contributed by atoms with Gasteiger partial charge in [-0.05, 0) is 43.3 Å². The standard InChI is InChI=1S/C21H20N2O6S/c1-15(20-14-17-4-2-3-5-19(17)28-20)22-29-21(24)16-6-8-18(9-7-16)30(25,26)23-10-12-27-13-11-23/h2-9,14H,10-13H2,1H3/b22-15+. The van der Waals surface area contributed by atoms with E-state index in [1.165, 1.54) is 28.6 Å². The molecule has 1 aliphatic rings. The van der Waals surface area contributed by atoms with Crippen molar-refractivity contribution >= 4 is 32.7 Å². The van der Waals surface area contributed by atoms with Crippen LogP contribution in [-0.4, -0.2) is 50.7 Å². The molecule has 2 heterocycles. The van der Waals surface area contributed by atoms with Gasteiger partial charge in [-0.25, -0.2) is 13.2 Å². The lowest BCUT2D eigenvalue weighted by Crippen LogP contribution is -2.40. The summed E-state index contributed by atoms with van der Waals surface area (Å²) in [6.07, 6.45) is 0. The SMILES string of the molecule is C/C(=N\OC(=O)c1ccc(S(=O)(=O)N2CCOCC2)cc1)c1cc2ccccc2o1. The maximum atomic E-state index is 12.6.